The molecule has 1 atom stereocenters. The fraction of sp³-hybridized carbons (Fsp3) is 0.636. The zero-order valence-corrected chi connectivity index (χ0v) is 19.2. The Morgan fingerprint density at radius 3 is 2.43 bits per heavy atom. The van der Waals surface area contributed by atoms with Crippen molar-refractivity contribution in [3.63, 3.8) is 0 Å². The van der Waals surface area contributed by atoms with Gasteiger partial charge in [-0.1, -0.05) is 20.8 Å². The monoisotopic (exact) mass is 435 g/mol. The Morgan fingerprint density at radius 1 is 1.17 bits per heavy atom. The normalized spacial score (nSPS) is 18.6. The number of sulfonamides is 1. The number of likely N-dealkylation sites (tertiary alicyclic amines) is 1. The number of hydrogen-bond acceptors (Lipinski definition) is 4. The molecule has 1 unspecified atom stereocenters. The molecule has 0 aliphatic carbocycles. The van der Waals surface area contributed by atoms with Crippen molar-refractivity contribution in [3.8, 4) is 0 Å². The van der Waals surface area contributed by atoms with Gasteiger partial charge >= 0.3 is 0 Å². The Labute approximate surface area is 179 Å². The first-order chi connectivity index (χ1) is 14.1. The third-order valence-electron chi connectivity index (χ3n) is 6.03. The Morgan fingerprint density at radius 2 is 1.83 bits per heavy atom. The van der Waals surface area contributed by atoms with Crippen molar-refractivity contribution in [2.24, 2.45) is 11.8 Å². The molecule has 1 aromatic carbocycles. The summed E-state index contributed by atoms with van der Waals surface area (Å²) in [6.45, 7) is 9.56. The lowest BCUT2D eigenvalue weighted by Crippen LogP contribution is -2.51. The molecule has 0 bridgehead atoms. The number of carbonyl (C=O) groups is 2. The number of amides is 2. The van der Waals surface area contributed by atoms with Crippen molar-refractivity contribution in [2.45, 2.75) is 64.3 Å². The summed E-state index contributed by atoms with van der Waals surface area (Å²) in [5.41, 5.74) is 1.60. The summed E-state index contributed by atoms with van der Waals surface area (Å²) < 4.78 is 28.9. The van der Waals surface area contributed by atoms with Crippen molar-refractivity contribution in [1.82, 2.24) is 9.62 Å². The van der Waals surface area contributed by atoms with Gasteiger partial charge in [-0.15, -0.1) is 0 Å². The number of benzene rings is 1. The maximum Gasteiger partial charge on any atom is 0.241 e. The van der Waals surface area contributed by atoms with Crippen LogP contribution in [0.25, 0.3) is 0 Å². The van der Waals surface area contributed by atoms with Crippen molar-refractivity contribution in [3.05, 3.63) is 23.8 Å². The van der Waals surface area contributed by atoms with E-state index in [1.165, 1.54) is 13.0 Å². The molecule has 1 aromatic rings. The SMILES string of the molecule is CC(=O)N1CCc2cc(S(=O)(=O)NC(CC(C)C)C(=O)N3CCC(C)CC3)ccc21. The highest BCUT2D eigenvalue weighted by Crippen LogP contribution is 2.30. The quantitative estimate of drug-likeness (QED) is 0.744. The summed E-state index contributed by atoms with van der Waals surface area (Å²) in [6, 6.07) is 4.05. The van der Waals surface area contributed by atoms with Crippen LogP contribution in [0, 0.1) is 11.8 Å². The lowest BCUT2D eigenvalue weighted by Gasteiger charge is -2.33. The van der Waals surface area contributed by atoms with E-state index in [9.17, 15) is 18.0 Å². The smallest absolute Gasteiger partial charge is 0.241 e. The molecule has 7 nitrogen and oxygen atoms in total. The number of nitrogens with one attached hydrogen (secondary N) is 1. The minimum Gasteiger partial charge on any atom is -0.341 e. The van der Waals surface area contributed by atoms with Crippen LogP contribution in [0.5, 0.6) is 0 Å². The average molecular weight is 436 g/mol. The van der Waals surface area contributed by atoms with Gasteiger partial charge in [0.1, 0.15) is 6.04 Å². The molecule has 1 fully saturated rings. The van der Waals surface area contributed by atoms with E-state index in [-0.39, 0.29) is 22.6 Å². The highest BCUT2D eigenvalue weighted by Gasteiger charge is 2.32. The molecule has 0 aromatic heterocycles. The van der Waals surface area contributed by atoms with Gasteiger partial charge in [-0.2, -0.15) is 4.72 Å². The van der Waals surface area contributed by atoms with Gasteiger partial charge < -0.3 is 9.80 Å². The van der Waals surface area contributed by atoms with E-state index in [0.29, 0.717) is 38.4 Å². The number of hydrogen-bond donors (Lipinski definition) is 1. The van der Waals surface area contributed by atoms with Crippen LogP contribution in [0.4, 0.5) is 5.69 Å². The second-order valence-corrected chi connectivity index (χ2v) is 10.7. The summed E-state index contributed by atoms with van der Waals surface area (Å²) in [7, 11) is -3.86. The first kappa shape index (κ1) is 22.7. The third-order valence-corrected chi connectivity index (χ3v) is 7.50. The molecular formula is C22H33N3O4S. The number of nitrogens with zero attached hydrogens (tertiary/aromatic N) is 2. The molecule has 0 radical (unpaired) electrons. The molecule has 0 spiro atoms. The summed E-state index contributed by atoms with van der Waals surface area (Å²) in [4.78, 5) is 28.4. The van der Waals surface area contributed by atoms with Crippen LogP contribution in [0.15, 0.2) is 23.1 Å². The second kappa shape index (κ2) is 9.06. The fourth-order valence-corrected chi connectivity index (χ4v) is 5.50. The van der Waals surface area contributed by atoms with Gasteiger partial charge in [0, 0.05) is 32.2 Å². The molecule has 2 aliphatic rings. The van der Waals surface area contributed by atoms with Gasteiger partial charge in [0.25, 0.3) is 0 Å². The summed E-state index contributed by atoms with van der Waals surface area (Å²) >= 11 is 0. The Balaban J connectivity index is 1.80. The van der Waals surface area contributed by atoms with Gasteiger partial charge in [-0.3, -0.25) is 9.59 Å². The van der Waals surface area contributed by atoms with Gasteiger partial charge in [-0.05, 0) is 61.3 Å². The average Bonchev–Trinajstić information content (AvgIpc) is 3.10. The Hall–Kier alpha value is -1.93. The van der Waals surface area contributed by atoms with E-state index in [2.05, 4.69) is 11.6 Å². The number of rotatable bonds is 6. The predicted molar refractivity (Wildman–Crippen MR) is 117 cm³/mol. The highest BCUT2D eigenvalue weighted by molar-refractivity contribution is 7.89. The molecule has 2 aliphatic heterocycles. The molecule has 8 heteroatoms. The molecule has 30 heavy (non-hydrogen) atoms. The Bertz CT molecular complexity index is 905. The number of piperidine rings is 1. The maximum atomic E-state index is 13.1. The minimum absolute atomic E-state index is 0.0547. The Kier molecular flexibility index (Phi) is 6.87. The predicted octanol–water partition coefficient (Wildman–Crippen LogP) is 2.55. The van der Waals surface area contributed by atoms with Crippen molar-refractivity contribution >= 4 is 27.5 Å². The first-order valence-corrected chi connectivity index (χ1v) is 12.3. The van der Waals surface area contributed by atoms with Gasteiger partial charge in [0.15, 0.2) is 0 Å². The van der Waals surface area contributed by atoms with Crippen LogP contribution in [-0.2, 0) is 26.0 Å². The first-order valence-electron chi connectivity index (χ1n) is 10.8. The number of anilines is 1. The van der Waals surface area contributed by atoms with E-state index in [4.69, 9.17) is 0 Å². The highest BCUT2D eigenvalue weighted by atomic mass is 32.2. The van der Waals surface area contributed by atoms with E-state index in [0.717, 1.165) is 24.1 Å². The molecule has 2 amide bonds. The van der Waals surface area contributed by atoms with E-state index >= 15 is 0 Å². The van der Waals surface area contributed by atoms with Crippen LogP contribution in [0.1, 0.15) is 52.5 Å². The maximum absolute atomic E-state index is 13.1. The minimum atomic E-state index is -3.86. The molecule has 0 saturated carbocycles. The van der Waals surface area contributed by atoms with Crippen LogP contribution in [0.3, 0.4) is 0 Å². The summed E-state index contributed by atoms with van der Waals surface area (Å²) in [5.74, 6) is 0.578. The van der Waals surface area contributed by atoms with Crippen molar-refractivity contribution in [2.75, 3.05) is 24.5 Å². The van der Waals surface area contributed by atoms with Crippen LogP contribution in [0.2, 0.25) is 0 Å². The molecule has 166 valence electrons. The van der Waals surface area contributed by atoms with Gasteiger partial charge in [0.2, 0.25) is 21.8 Å². The second-order valence-electron chi connectivity index (χ2n) is 9.02. The zero-order valence-electron chi connectivity index (χ0n) is 18.3. The van der Waals surface area contributed by atoms with E-state index in [1.54, 1.807) is 21.9 Å². The lowest BCUT2D eigenvalue weighted by atomic mass is 9.97. The van der Waals surface area contributed by atoms with Gasteiger partial charge in [-0.25, -0.2) is 8.42 Å². The van der Waals surface area contributed by atoms with Crippen LogP contribution < -0.4 is 9.62 Å². The number of carbonyl (C=O) groups excluding carboxylic acids is 2. The van der Waals surface area contributed by atoms with Crippen LogP contribution in [-0.4, -0.2) is 50.8 Å². The largest absolute Gasteiger partial charge is 0.341 e. The molecule has 1 N–H and O–H groups in total. The van der Waals surface area contributed by atoms with Gasteiger partial charge in [0.05, 0.1) is 4.90 Å². The topological polar surface area (TPSA) is 86.8 Å². The van der Waals surface area contributed by atoms with Crippen molar-refractivity contribution in [1.29, 1.82) is 0 Å². The third kappa shape index (κ3) is 5.03. The van der Waals surface area contributed by atoms with E-state index in [1.807, 2.05) is 13.8 Å². The molecule has 2 heterocycles. The molecule has 3 rings (SSSR count). The lowest BCUT2D eigenvalue weighted by molar-refractivity contribution is -0.134. The molecular weight excluding hydrogens is 402 g/mol. The van der Waals surface area contributed by atoms with Crippen molar-refractivity contribution < 1.29 is 18.0 Å². The fourth-order valence-electron chi connectivity index (χ4n) is 4.25. The molecule has 1 saturated heterocycles. The standard InChI is InChI=1S/C22H33N3O4S/c1-15(2)13-20(22(27)24-10-7-16(3)8-11-24)23-30(28,29)19-5-6-21-18(14-19)9-12-25(21)17(4)26/h5-6,14-16,20,23H,7-13H2,1-4H3. The zero-order chi connectivity index (χ0) is 22.1. The number of fused-ring (bicyclic) bond motifs is 1. The summed E-state index contributed by atoms with van der Waals surface area (Å²) in [5, 5.41) is 0. The van der Waals surface area contributed by atoms with E-state index < -0.39 is 16.1 Å². The van der Waals surface area contributed by atoms with Crippen LogP contribution >= 0.6 is 0 Å². The summed E-state index contributed by atoms with van der Waals surface area (Å²) in [6.07, 6.45) is 2.97.